The highest BCUT2D eigenvalue weighted by molar-refractivity contribution is 7.99. The summed E-state index contributed by atoms with van der Waals surface area (Å²) in [6.45, 7) is 4.78. The molecule has 1 heterocycles. The van der Waals surface area contributed by atoms with Gasteiger partial charge in [0, 0.05) is 5.75 Å². The molecule has 2 rings (SSSR count). The summed E-state index contributed by atoms with van der Waals surface area (Å²) in [5, 5.41) is 7.73. The fourth-order valence-electron chi connectivity index (χ4n) is 1.65. The first kappa shape index (κ1) is 13.9. The Morgan fingerprint density at radius 3 is 3.00 bits per heavy atom. The second kappa shape index (κ2) is 7.19. The molecule has 0 aliphatic carbocycles. The van der Waals surface area contributed by atoms with Gasteiger partial charge in [-0.3, -0.25) is 5.10 Å². The first-order chi connectivity index (χ1) is 9.28. The van der Waals surface area contributed by atoms with Crippen LogP contribution in [0.3, 0.4) is 0 Å². The molecule has 5 heteroatoms. The summed E-state index contributed by atoms with van der Waals surface area (Å²) in [5.41, 5.74) is 1.31. The molecule has 0 saturated carbocycles. The van der Waals surface area contributed by atoms with E-state index in [0.717, 1.165) is 41.9 Å². The first-order valence-electron chi connectivity index (χ1n) is 6.51. The van der Waals surface area contributed by atoms with Crippen LogP contribution in [0.5, 0.6) is 5.75 Å². The molecular weight excluding hydrogens is 258 g/mol. The number of hydrogen-bond donors (Lipinski definition) is 1. The summed E-state index contributed by atoms with van der Waals surface area (Å²) in [6, 6.07) is 8.27. The highest BCUT2D eigenvalue weighted by Gasteiger charge is 2.00. The monoisotopic (exact) mass is 277 g/mol. The number of rotatable bonds is 7. The van der Waals surface area contributed by atoms with E-state index in [1.165, 1.54) is 5.56 Å². The third-order valence-electron chi connectivity index (χ3n) is 2.67. The normalized spacial score (nSPS) is 10.6. The van der Waals surface area contributed by atoms with Crippen molar-refractivity contribution in [3.05, 3.63) is 35.7 Å². The van der Waals surface area contributed by atoms with Gasteiger partial charge in [0.05, 0.1) is 6.61 Å². The van der Waals surface area contributed by atoms with Gasteiger partial charge in [0.2, 0.25) is 5.16 Å². The van der Waals surface area contributed by atoms with E-state index in [0.29, 0.717) is 0 Å². The lowest BCUT2D eigenvalue weighted by Crippen LogP contribution is -1.99. The number of H-pyrrole nitrogens is 1. The molecule has 0 bridgehead atoms. The van der Waals surface area contributed by atoms with Crippen LogP contribution < -0.4 is 4.74 Å². The minimum Gasteiger partial charge on any atom is -0.494 e. The number of nitrogens with zero attached hydrogens (tertiary/aromatic N) is 2. The largest absolute Gasteiger partial charge is 0.494 e. The Morgan fingerprint density at radius 1 is 1.37 bits per heavy atom. The molecule has 1 aromatic carbocycles. The number of hydrogen-bond acceptors (Lipinski definition) is 4. The maximum absolute atomic E-state index is 5.73. The van der Waals surface area contributed by atoms with Crippen LogP contribution in [0.15, 0.2) is 29.4 Å². The van der Waals surface area contributed by atoms with Gasteiger partial charge in [0.15, 0.2) is 0 Å². The van der Waals surface area contributed by atoms with Crippen LogP contribution in [-0.2, 0) is 6.42 Å². The van der Waals surface area contributed by atoms with Crippen LogP contribution in [0.25, 0.3) is 0 Å². The Balaban J connectivity index is 1.66. The maximum atomic E-state index is 5.73. The summed E-state index contributed by atoms with van der Waals surface area (Å²) in [7, 11) is 0. The van der Waals surface area contributed by atoms with Crippen molar-refractivity contribution < 1.29 is 4.74 Å². The van der Waals surface area contributed by atoms with Gasteiger partial charge in [0.1, 0.15) is 11.6 Å². The molecule has 0 aliphatic heterocycles. The molecule has 0 unspecified atom stereocenters. The molecule has 102 valence electrons. The second-order valence-electron chi connectivity index (χ2n) is 4.25. The number of nitrogens with one attached hydrogen (secondary N) is 1. The van der Waals surface area contributed by atoms with E-state index in [1.54, 1.807) is 11.8 Å². The molecule has 0 radical (unpaired) electrons. The number of aromatic amines is 1. The molecule has 0 aliphatic rings. The third kappa shape index (κ3) is 4.59. The highest BCUT2D eigenvalue weighted by Crippen LogP contribution is 2.16. The predicted molar refractivity (Wildman–Crippen MR) is 77.8 cm³/mol. The molecule has 19 heavy (non-hydrogen) atoms. The number of ether oxygens (including phenoxy) is 1. The van der Waals surface area contributed by atoms with Gasteiger partial charge in [-0.05, 0) is 37.5 Å². The molecular formula is C14H19N3OS. The van der Waals surface area contributed by atoms with Gasteiger partial charge in [-0.15, -0.1) is 5.10 Å². The predicted octanol–water partition coefficient (Wildman–Crippen LogP) is 3.24. The van der Waals surface area contributed by atoms with E-state index >= 15 is 0 Å². The topological polar surface area (TPSA) is 50.8 Å². The lowest BCUT2D eigenvalue weighted by molar-refractivity contribution is 0.318. The molecule has 0 spiro atoms. The van der Waals surface area contributed by atoms with Gasteiger partial charge in [-0.25, -0.2) is 4.98 Å². The van der Waals surface area contributed by atoms with E-state index in [9.17, 15) is 0 Å². The molecule has 2 aromatic rings. The molecule has 0 atom stereocenters. The number of aryl methyl sites for hydroxylation is 2. The SMILES string of the molecule is CCc1cccc(OCCCSc2n[nH]c(C)n2)c1. The highest BCUT2D eigenvalue weighted by atomic mass is 32.2. The Kier molecular flexibility index (Phi) is 5.27. The Labute approximate surface area is 118 Å². The molecule has 0 amide bonds. The third-order valence-corrected chi connectivity index (χ3v) is 3.61. The lowest BCUT2D eigenvalue weighted by atomic mass is 10.2. The zero-order valence-electron chi connectivity index (χ0n) is 11.3. The molecule has 1 aromatic heterocycles. The van der Waals surface area contributed by atoms with Crippen LogP contribution in [0.2, 0.25) is 0 Å². The first-order valence-corrected chi connectivity index (χ1v) is 7.50. The van der Waals surface area contributed by atoms with Crippen molar-refractivity contribution in [2.75, 3.05) is 12.4 Å². The summed E-state index contributed by atoms with van der Waals surface area (Å²) in [5.74, 6) is 2.78. The van der Waals surface area contributed by atoms with Crippen LogP contribution in [-0.4, -0.2) is 27.5 Å². The zero-order chi connectivity index (χ0) is 13.5. The van der Waals surface area contributed by atoms with Crippen molar-refractivity contribution in [1.82, 2.24) is 15.2 Å². The summed E-state index contributed by atoms with van der Waals surface area (Å²) < 4.78 is 5.73. The molecule has 0 fully saturated rings. The number of aromatic nitrogens is 3. The second-order valence-corrected chi connectivity index (χ2v) is 5.32. The minimum atomic E-state index is 0.726. The van der Waals surface area contributed by atoms with Gasteiger partial charge >= 0.3 is 0 Å². The standard InChI is InChI=1S/C14H19N3OS/c1-3-12-6-4-7-13(10-12)18-8-5-9-19-14-15-11(2)16-17-14/h4,6-7,10H,3,5,8-9H2,1-2H3,(H,15,16,17). The molecule has 0 saturated heterocycles. The zero-order valence-corrected chi connectivity index (χ0v) is 12.2. The maximum Gasteiger partial charge on any atom is 0.208 e. The summed E-state index contributed by atoms with van der Waals surface area (Å²) >= 11 is 1.65. The van der Waals surface area contributed by atoms with Crippen LogP contribution in [0, 0.1) is 6.92 Å². The van der Waals surface area contributed by atoms with Crippen LogP contribution >= 0.6 is 11.8 Å². The average molecular weight is 277 g/mol. The van der Waals surface area contributed by atoms with E-state index in [-0.39, 0.29) is 0 Å². The summed E-state index contributed by atoms with van der Waals surface area (Å²) in [4.78, 5) is 4.24. The number of benzene rings is 1. The van der Waals surface area contributed by atoms with Crippen molar-refractivity contribution in [3.63, 3.8) is 0 Å². The molecule has 4 nitrogen and oxygen atoms in total. The fourth-order valence-corrected chi connectivity index (χ4v) is 2.41. The lowest BCUT2D eigenvalue weighted by Gasteiger charge is -2.06. The Hall–Kier alpha value is -1.49. The Bertz CT molecular complexity index is 513. The fraction of sp³-hybridized carbons (Fsp3) is 0.429. The van der Waals surface area contributed by atoms with Gasteiger partial charge in [-0.2, -0.15) is 0 Å². The quantitative estimate of drug-likeness (QED) is 0.623. The van der Waals surface area contributed by atoms with Crippen molar-refractivity contribution in [2.45, 2.75) is 31.8 Å². The average Bonchev–Trinajstić information content (AvgIpc) is 2.84. The van der Waals surface area contributed by atoms with E-state index < -0.39 is 0 Å². The van der Waals surface area contributed by atoms with Crippen LogP contribution in [0.1, 0.15) is 24.7 Å². The van der Waals surface area contributed by atoms with Gasteiger partial charge in [0.25, 0.3) is 0 Å². The smallest absolute Gasteiger partial charge is 0.208 e. The Morgan fingerprint density at radius 2 is 2.26 bits per heavy atom. The van der Waals surface area contributed by atoms with E-state index in [2.05, 4.69) is 34.2 Å². The van der Waals surface area contributed by atoms with E-state index in [4.69, 9.17) is 4.74 Å². The minimum absolute atomic E-state index is 0.726. The van der Waals surface area contributed by atoms with E-state index in [1.807, 2.05) is 19.1 Å². The van der Waals surface area contributed by atoms with Crippen molar-refractivity contribution >= 4 is 11.8 Å². The van der Waals surface area contributed by atoms with Crippen molar-refractivity contribution in [2.24, 2.45) is 0 Å². The van der Waals surface area contributed by atoms with Gasteiger partial charge < -0.3 is 4.74 Å². The molecule has 1 N–H and O–H groups in total. The number of thioether (sulfide) groups is 1. The van der Waals surface area contributed by atoms with Crippen LogP contribution in [0.4, 0.5) is 0 Å². The van der Waals surface area contributed by atoms with Gasteiger partial charge in [-0.1, -0.05) is 30.8 Å². The van der Waals surface area contributed by atoms with Crippen molar-refractivity contribution in [3.8, 4) is 5.75 Å². The summed E-state index contributed by atoms with van der Waals surface area (Å²) in [6.07, 6.45) is 2.02. The van der Waals surface area contributed by atoms with Crippen molar-refractivity contribution in [1.29, 1.82) is 0 Å².